The first kappa shape index (κ1) is 20.7. The van der Waals surface area contributed by atoms with Gasteiger partial charge >= 0.3 is 0 Å². The molecule has 166 valence electrons. The molecule has 3 aromatic rings. The van der Waals surface area contributed by atoms with E-state index in [0.717, 1.165) is 60.1 Å². The molecular formula is C25H29N5O2. The summed E-state index contributed by atoms with van der Waals surface area (Å²) in [6.07, 6.45) is 4.71. The zero-order valence-electron chi connectivity index (χ0n) is 18.5. The van der Waals surface area contributed by atoms with Crippen LogP contribution >= 0.6 is 0 Å². The molecule has 1 aromatic carbocycles. The van der Waals surface area contributed by atoms with Crippen molar-refractivity contribution in [2.24, 2.45) is 5.92 Å². The van der Waals surface area contributed by atoms with Crippen LogP contribution in [0.2, 0.25) is 0 Å². The molecule has 1 saturated carbocycles. The quantitative estimate of drug-likeness (QED) is 0.482. The number of aryl methyl sites for hydroxylation is 2. The minimum atomic E-state index is -0.161. The van der Waals surface area contributed by atoms with Crippen molar-refractivity contribution in [3.63, 3.8) is 0 Å². The number of carbonyl (C=O) groups excluding carboxylic acids is 2. The van der Waals surface area contributed by atoms with E-state index < -0.39 is 0 Å². The van der Waals surface area contributed by atoms with Crippen LogP contribution in [0.15, 0.2) is 36.5 Å². The van der Waals surface area contributed by atoms with Crippen LogP contribution in [0, 0.1) is 19.8 Å². The van der Waals surface area contributed by atoms with E-state index in [9.17, 15) is 9.59 Å². The highest BCUT2D eigenvalue weighted by atomic mass is 16.2. The Hall–Kier alpha value is -3.19. The van der Waals surface area contributed by atoms with Crippen molar-refractivity contribution >= 4 is 22.7 Å². The van der Waals surface area contributed by atoms with Gasteiger partial charge < -0.3 is 20.9 Å². The summed E-state index contributed by atoms with van der Waals surface area (Å²) in [4.78, 5) is 33.6. The fourth-order valence-electron chi connectivity index (χ4n) is 4.57. The maximum absolute atomic E-state index is 13.1. The molecular weight excluding hydrogens is 402 g/mol. The lowest BCUT2D eigenvalue weighted by molar-refractivity contribution is 0.0920. The molecule has 2 unspecified atom stereocenters. The van der Waals surface area contributed by atoms with Crippen molar-refractivity contribution in [2.75, 3.05) is 13.1 Å². The normalized spacial score (nSPS) is 19.1. The molecule has 3 heterocycles. The van der Waals surface area contributed by atoms with Gasteiger partial charge in [0.2, 0.25) is 0 Å². The van der Waals surface area contributed by atoms with Crippen LogP contribution in [0.3, 0.4) is 0 Å². The molecule has 1 saturated heterocycles. The van der Waals surface area contributed by atoms with Crippen molar-refractivity contribution < 1.29 is 9.59 Å². The van der Waals surface area contributed by atoms with Crippen LogP contribution in [-0.2, 0) is 0 Å². The van der Waals surface area contributed by atoms with E-state index >= 15 is 0 Å². The van der Waals surface area contributed by atoms with Gasteiger partial charge in [0, 0.05) is 29.7 Å². The highest BCUT2D eigenvalue weighted by Crippen LogP contribution is 2.41. The topological polar surface area (TPSA) is 98.9 Å². The monoisotopic (exact) mass is 431 g/mol. The summed E-state index contributed by atoms with van der Waals surface area (Å²) in [6.45, 7) is 5.73. The number of aromatic amines is 1. The number of aromatic nitrogens is 2. The van der Waals surface area contributed by atoms with Gasteiger partial charge in [-0.1, -0.05) is 18.2 Å². The second-order valence-electron chi connectivity index (χ2n) is 9.10. The van der Waals surface area contributed by atoms with Gasteiger partial charge in [0.15, 0.2) is 0 Å². The molecule has 32 heavy (non-hydrogen) atoms. The lowest BCUT2D eigenvalue weighted by Crippen LogP contribution is -2.36. The van der Waals surface area contributed by atoms with Crippen molar-refractivity contribution in [1.82, 2.24) is 25.9 Å². The summed E-state index contributed by atoms with van der Waals surface area (Å²) < 4.78 is 0. The number of carbonyl (C=O) groups is 2. The van der Waals surface area contributed by atoms with Gasteiger partial charge in [0.05, 0.1) is 17.3 Å². The zero-order chi connectivity index (χ0) is 22.2. The first-order valence-corrected chi connectivity index (χ1v) is 11.4. The number of H-pyrrole nitrogens is 1. The van der Waals surface area contributed by atoms with Crippen molar-refractivity contribution in [3.05, 3.63) is 64.6 Å². The van der Waals surface area contributed by atoms with E-state index in [2.05, 4.69) is 25.9 Å². The summed E-state index contributed by atoms with van der Waals surface area (Å²) in [5, 5.41) is 10.5. The van der Waals surface area contributed by atoms with Crippen LogP contribution in [-0.4, -0.2) is 40.9 Å². The minimum absolute atomic E-state index is 0.0960. The van der Waals surface area contributed by atoms with E-state index in [-0.39, 0.29) is 23.9 Å². The Balaban J connectivity index is 1.34. The average Bonchev–Trinajstić information content (AvgIpc) is 3.29. The first-order valence-electron chi connectivity index (χ1n) is 11.4. The number of hydrogen-bond acceptors (Lipinski definition) is 4. The molecule has 2 fully saturated rings. The molecule has 1 aliphatic heterocycles. The maximum Gasteiger partial charge on any atom is 0.268 e. The average molecular weight is 432 g/mol. The molecule has 2 atom stereocenters. The van der Waals surface area contributed by atoms with Gasteiger partial charge in [0.25, 0.3) is 11.8 Å². The largest absolute Gasteiger partial charge is 0.350 e. The van der Waals surface area contributed by atoms with Crippen molar-refractivity contribution in [2.45, 2.75) is 45.2 Å². The lowest BCUT2D eigenvalue weighted by atomic mass is 10.0. The van der Waals surface area contributed by atoms with Crippen LogP contribution in [0.25, 0.3) is 10.9 Å². The molecule has 1 aliphatic carbocycles. The smallest absolute Gasteiger partial charge is 0.268 e. The third-order valence-electron chi connectivity index (χ3n) is 6.56. The zero-order valence-corrected chi connectivity index (χ0v) is 18.5. The van der Waals surface area contributed by atoms with Gasteiger partial charge in [-0.15, -0.1) is 0 Å². The number of fused-ring (bicyclic) bond motifs is 1. The van der Waals surface area contributed by atoms with E-state index in [1.807, 2.05) is 44.2 Å². The fraction of sp³-hybridized carbons (Fsp3) is 0.400. The lowest BCUT2D eigenvalue weighted by Gasteiger charge is -2.20. The maximum atomic E-state index is 13.1. The number of hydrogen-bond donors (Lipinski definition) is 4. The van der Waals surface area contributed by atoms with Gasteiger partial charge in [0.1, 0.15) is 5.69 Å². The number of amides is 2. The summed E-state index contributed by atoms with van der Waals surface area (Å²) in [5.41, 5.74) is 4.98. The molecule has 0 radical (unpaired) electrons. The Morgan fingerprint density at radius 2 is 1.94 bits per heavy atom. The Kier molecular flexibility index (Phi) is 5.43. The predicted molar refractivity (Wildman–Crippen MR) is 124 cm³/mol. The minimum Gasteiger partial charge on any atom is -0.350 e. The number of benzene rings is 1. The molecule has 7 heteroatoms. The van der Waals surface area contributed by atoms with Crippen molar-refractivity contribution in [1.29, 1.82) is 0 Å². The standard InChI is InChI=1S/C25H29N5O2/c1-14-4-3-5-17-11-20(29-21(14)17)25(32)30-23(16-6-7-16)22-15(2)10-18(12-27-22)24(31)28-19-8-9-26-13-19/h3-5,10-12,16,19,23,26,29H,6-9,13H2,1-2H3,(H,28,31)(H,30,32). The third kappa shape index (κ3) is 4.12. The van der Waals surface area contributed by atoms with E-state index in [1.54, 1.807) is 6.20 Å². The summed E-state index contributed by atoms with van der Waals surface area (Å²) in [5.74, 6) is 0.149. The summed E-state index contributed by atoms with van der Waals surface area (Å²) in [6, 6.07) is 9.81. The van der Waals surface area contributed by atoms with E-state index in [1.165, 1.54) is 0 Å². The van der Waals surface area contributed by atoms with Gasteiger partial charge in [-0.25, -0.2) is 0 Å². The predicted octanol–water partition coefficient (Wildman–Crippen LogP) is 3.15. The fourth-order valence-corrected chi connectivity index (χ4v) is 4.57. The number of nitrogens with one attached hydrogen (secondary N) is 4. The van der Waals surface area contributed by atoms with Crippen LogP contribution in [0.1, 0.15) is 63.0 Å². The number of nitrogens with zero attached hydrogens (tertiary/aromatic N) is 1. The molecule has 0 bridgehead atoms. The van der Waals surface area contributed by atoms with Crippen LogP contribution in [0.5, 0.6) is 0 Å². The number of pyridine rings is 1. The Bertz CT molecular complexity index is 1170. The summed E-state index contributed by atoms with van der Waals surface area (Å²) in [7, 11) is 0. The number of para-hydroxylation sites is 1. The highest BCUT2D eigenvalue weighted by molar-refractivity contribution is 5.99. The summed E-state index contributed by atoms with van der Waals surface area (Å²) >= 11 is 0. The Labute approximate surface area is 187 Å². The second kappa shape index (κ2) is 8.39. The molecule has 2 aliphatic rings. The molecule has 0 spiro atoms. The Morgan fingerprint density at radius 3 is 2.62 bits per heavy atom. The first-order chi connectivity index (χ1) is 15.5. The third-order valence-corrected chi connectivity index (χ3v) is 6.56. The SMILES string of the molecule is Cc1cc(C(=O)NC2CCNC2)cnc1C(NC(=O)c1cc2cccc(C)c2[nH]1)C1CC1. The molecule has 2 amide bonds. The Morgan fingerprint density at radius 1 is 1.09 bits per heavy atom. The van der Waals surface area contributed by atoms with Gasteiger partial charge in [-0.3, -0.25) is 14.6 Å². The van der Waals surface area contributed by atoms with Crippen LogP contribution in [0.4, 0.5) is 0 Å². The van der Waals surface area contributed by atoms with Crippen LogP contribution < -0.4 is 16.0 Å². The van der Waals surface area contributed by atoms with Gasteiger partial charge in [-0.2, -0.15) is 0 Å². The molecule has 4 N–H and O–H groups in total. The van der Waals surface area contributed by atoms with E-state index in [0.29, 0.717) is 17.2 Å². The molecule has 5 rings (SSSR count). The highest BCUT2D eigenvalue weighted by Gasteiger charge is 2.36. The van der Waals surface area contributed by atoms with E-state index in [4.69, 9.17) is 0 Å². The second-order valence-corrected chi connectivity index (χ2v) is 9.10. The van der Waals surface area contributed by atoms with Gasteiger partial charge in [-0.05, 0) is 68.8 Å². The number of rotatable bonds is 6. The molecule has 7 nitrogen and oxygen atoms in total. The molecule has 2 aromatic heterocycles. The van der Waals surface area contributed by atoms with Crippen molar-refractivity contribution in [3.8, 4) is 0 Å².